The van der Waals surface area contributed by atoms with Crippen LogP contribution in [0.15, 0.2) is 180 Å². The summed E-state index contributed by atoms with van der Waals surface area (Å²) < 4.78 is 6.92. The molecule has 1 N–H and O–H groups in total. The lowest BCUT2D eigenvalue weighted by atomic mass is 9.70. The molecule has 236 valence electrons. The van der Waals surface area contributed by atoms with Crippen LogP contribution in [0, 0.1) is 0 Å². The third-order valence-electron chi connectivity index (χ3n) is 10.9. The Morgan fingerprint density at radius 2 is 1.30 bits per heavy atom. The summed E-state index contributed by atoms with van der Waals surface area (Å²) in [5.41, 5.74) is 16.0. The molecule has 2 nitrogen and oxygen atoms in total. The Kier molecular flexibility index (Phi) is 6.19. The van der Waals surface area contributed by atoms with Gasteiger partial charge >= 0.3 is 0 Å². The molecule has 2 aliphatic rings. The molecule has 0 saturated heterocycles. The van der Waals surface area contributed by atoms with E-state index in [0.29, 0.717) is 0 Å². The van der Waals surface area contributed by atoms with E-state index >= 15 is 0 Å². The molecule has 0 bridgehead atoms. The van der Waals surface area contributed by atoms with Crippen molar-refractivity contribution < 1.29 is 4.42 Å². The SMILES string of the molecule is C=C/C=C\C1=C(C)C2(c3ccccc31)c1ccccc1-c1ccc(Nc3cccc4c3oc3c(-c5ccccc5)cc5ccccc5c34)cc12. The smallest absolute Gasteiger partial charge is 0.158 e. The van der Waals surface area contributed by atoms with Crippen LogP contribution in [0.5, 0.6) is 0 Å². The standard InChI is InChI=1S/C48H33NO/c1-3-4-18-34-30(2)48(41-23-12-10-20-36(34)41)42-24-13-11-21-37(42)38-27-26-33(29-43(38)48)49-44-25-14-22-39-45-35-19-9-8-17-32(35)28-40(47(45)50-46(39)44)31-15-6-5-7-16-31/h3-29,49H,1H2,2H3/b18-4-. The molecule has 0 aliphatic heterocycles. The highest BCUT2D eigenvalue weighted by Crippen LogP contribution is 2.62. The number of rotatable bonds is 5. The summed E-state index contributed by atoms with van der Waals surface area (Å²) in [7, 11) is 0. The number of furan rings is 1. The molecule has 7 aromatic carbocycles. The Labute approximate surface area is 291 Å². The van der Waals surface area contributed by atoms with E-state index in [0.717, 1.165) is 44.4 Å². The van der Waals surface area contributed by atoms with Gasteiger partial charge in [-0.15, -0.1) is 0 Å². The van der Waals surface area contributed by atoms with Gasteiger partial charge in [-0.3, -0.25) is 0 Å². The highest BCUT2D eigenvalue weighted by Gasteiger charge is 2.51. The zero-order valence-corrected chi connectivity index (χ0v) is 27.7. The summed E-state index contributed by atoms with van der Waals surface area (Å²) in [6.45, 7) is 6.26. The van der Waals surface area contributed by atoms with Gasteiger partial charge in [-0.25, -0.2) is 0 Å². The van der Waals surface area contributed by atoms with Crippen LogP contribution in [0.3, 0.4) is 0 Å². The maximum Gasteiger partial charge on any atom is 0.158 e. The Bertz CT molecular complexity index is 2760. The molecule has 1 unspecified atom stereocenters. The van der Waals surface area contributed by atoms with Crippen molar-refractivity contribution in [1.82, 2.24) is 0 Å². The van der Waals surface area contributed by atoms with Crippen LogP contribution in [-0.2, 0) is 5.41 Å². The second-order valence-corrected chi connectivity index (χ2v) is 13.4. The van der Waals surface area contributed by atoms with Crippen LogP contribution in [-0.4, -0.2) is 0 Å². The maximum absolute atomic E-state index is 6.92. The minimum atomic E-state index is -0.393. The molecule has 2 aliphatic carbocycles. The molecule has 1 heterocycles. The molecule has 50 heavy (non-hydrogen) atoms. The van der Waals surface area contributed by atoms with Gasteiger partial charge < -0.3 is 9.73 Å². The van der Waals surface area contributed by atoms with Crippen LogP contribution >= 0.6 is 0 Å². The van der Waals surface area contributed by atoms with Gasteiger partial charge in [0.1, 0.15) is 5.58 Å². The third kappa shape index (κ3) is 3.85. The first-order valence-corrected chi connectivity index (χ1v) is 17.2. The van der Waals surface area contributed by atoms with E-state index in [1.807, 2.05) is 6.08 Å². The molecule has 1 aromatic heterocycles. The first kappa shape index (κ1) is 28.6. The number of hydrogen-bond acceptors (Lipinski definition) is 2. The molecule has 0 saturated carbocycles. The van der Waals surface area contributed by atoms with Crippen LogP contribution in [0.25, 0.3) is 60.5 Å². The Morgan fingerprint density at radius 3 is 2.14 bits per heavy atom. The summed E-state index contributed by atoms with van der Waals surface area (Å²) in [5.74, 6) is 0. The summed E-state index contributed by atoms with van der Waals surface area (Å²) in [4.78, 5) is 0. The quantitative estimate of drug-likeness (QED) is 0.190. The molecule has 1 spiro atoms. The number of anilines is 2. The number of hydrogen-bond donors (Lipinski definition) is 1. The van der Waals surface area contributed by atoms with E-state index in [4.69, 9.17) is 4.42 Å². The van der Waals surface area contributed by atoms with Gasteiger partial charge in [-0.2, -0.15) is 0 Å². The number of benzene rings is 7. The summed E-state index contributed by atoms with van der Waals surface area (Å²) in [5, 5.41) is 8.47. The molecular weight excluding hydrogens is 607 g/mol. The van der Waals surface area contributed by atoms with Crippen molar-refractivity contribution in [2.24, 2.45) is 0 Å². The normalized spacial score (nSPS) is 16.1. The minimum absolute atomic E-state index is 0.393. The van der Waals surface area contributed by atoms with Gasteiger partial charge in [0, 0.05) is 22.0 Å². The van der Waals surface area contributed by atoms with Gasteiger partial charge in [0.25, 0.3) is 0 Å². The van der Waals surface area contributed by atoms with Crippen LogP contribution in [0.1, 0.15) is 29.2 Å². The van der Waals surface area contributed by atoms with Crippen LogP contribution in [0.4, 0.5) is 11.4 Å². The van der Waals surface area contributed by atoms with Crippen molar-refractivity contribution >= 4 is 49.7 Å². The van der Waals surface area contributed by atoms with Gasteiger partial charge in [-0.05, 0) is 92.1 Å². The molecule has 0 radical (unpaired) electrons. The Morgan fingerprint density at radius 1 is 0.600 bits per heavy atom. The fourth-order valence-corrected chi connectivity index (χ4v) is 8.82. The molecule has 2 heteroatoms. The first-order valence-electron chi connectivity index (χ1n) is 17.2. The fourth-order valence-electron chi connectivity index (χ4n) is 8.82. The van der Waals surface area contributed by atoms with Crippen LogP contribution < -0.4 is 5.32 Å². The molecule has 8 aromatic rings. The largest absolute Gasteiger partial charge is 0.453 e. The highest BCUT2D eigenvalue weighted by atomic mass is 16.3. The first-order chi connectivity index (χ1) is 24.7. The van der Waals surface area contributed by atoms with Crippen molar-refractivity contribution in [3.05, 3.63) is 198 Å². The number of fused-ring (bicyclic) bond motifs is 12. The summed E-state index contributed by atoms with van der Waals surface area (Å²) in [6.07, 6.45) is 6.12. The number of allylic oxidation sites excluding steroid dienone is 5. The molecule has 0 amide bonds. The number of nitrogens with one attached hydrogen (secondary N) is 1. The van der Waals surface area contributed by atoms with E-state index in [1.54, 1.807) is 0 Å². The predicted molar refractivity (Wildman–Crippen MR) is 210 cm³/mol. The Balaban J connectivity index is 1.18. The van der Waals surface area contributed by atoms with Crippen LogP contribution in [0.2, 0.25) is 0 Å². The van der Waals surface area contributed by atoms with Gasteiger partial charge in [0.05, 0.1) is 11.1 Å². The van der Waals surface area contributed by atoms with Gasteiger partial charge in [-0.1, -0.05) is 146 Å². The van der Waals surface area contributed by atoms with Crippen molar-refractivity contribution in [2.75, 3.05) is 5.32 Å². The fraction of sp³-hybridized carbons (Fsp3) is 0.0417. The van der Waals surface area contributed by atoms with E-state index in [1.165, 1.54) is 55.3 Å². The predicted octanol–water partition coefficient (Wildman–Crippen LogP) is 13.0. The van der Waals surface area contributed by atoms with Gasteiger partial charge in [0.2, 0.25) is 0 Å². The second kappa shape index (κ2) is 10.8. The molecule has 0 fully saturated rings. The highest BCUT2D eigenvalue weighted by molar-refractivity contribution is 6.24. The molecule has 1 atom stereocenters. The Hall–Kier alpha value is -6.38. The maximum atomic E-state index is 6.92. The zero-order valence-electron chi connectivity index (χ0n) is 27.7. The van der Waals surface area contributed by atoms with Crippen molar-refractivity contribution in [1.29, 1.82) is 0 Å². The molecular formula is C48H33NO. The average molecular weight is 640 g/mol. The summed E-state index contributed by atoms with van der Waals surface area (Å²) in [6, 6.07) is 52.5. The minimum Gasteiger partial charge on any atom is -0.453 e. The average Bonchev–Trinajstić information content (AvgIpc) is 3.78. The van der Waals surface area contributed by atoms with E-state index in [9.17, 15) is 0 Å². The zero-order chi connectivity index (χ0) is 33.4. The lowest BCUT2D eigenvalue weighted by Crippen LogP contribution is -2.26. The topological polar surface area (TPSA) is 25.2 Å². The summed E-state index contributed by atoms with van der Waals surface area (Å²) >= 11 is 0. The van der Waals surface area contributed by atoms with Gasteiger partial charge in [0.15, 0.2) is 5.58 Å². The number of para-hydroxylation sites is 1. The van der Waals surface area contributed by atoms with E-state index < -0.39 is 5.41 Å². The van der Waals surface area contributed by atoms with Crippen molar-refractivity contribution in [3.63, 3.8) is 0 Å². The van der Waals surface area contributed by atoms with Crippen molar-refractivity contribution in [3.8, 4) is 22.3 Å². The van der Waals surface area contributed by atoms with Crippen molar-refractivity contribution in [2.45, 2.75) is 12.3 Å². The lowest BCUT2D eigenvalue weighted by Gasteiger charge is -2.31. The van der Waals surface area contributed by atoms with E-state index in [-0.39, 0.29) is 0 Å². The van der Waals surface area contributed by atoms with E-state index in [2.05, 4.69) is 177 Å². The molecule has 10 rings (SSSR count). The monoisotopic (exact) mass is 639 g/mol. The third-order valence-corrected chi connectivity index (χ3v) is 10.9. The lowest BCUT2D eigenvalue weighted by molar-refractivity contribution is 0.671. The second-order valence-electron chi connectivity index (χ2n) is 13.4.